The molecule has 3 nitrogen and oxygen atoms in total. The number of rotatable bonds is 2. The molecule has 1 saturated heterocycles. The van der Waals surface area contributed by atoms with Gasteiger partial charge < -0.3 is 4.81 Å². The number of para-hydroxylation sites is 1. The van der Waals surface area contributed by atoms with Crippen molar-refractivity contribution in [1.82, 2.24) is 0 Å². The normalized spacial score (nSPS) is 19.4. The second kappa shape index (κ2) is 5.23. The zero-order valence-corrected chi connectivity index (χ0v) is 10.6. The van der Waals surface area contributed by atoms with Gasteiger partial charge in [-0.25, -0.2) is 0 Å². The molecule has 0 atom stereocenters. The maximum Gasteiger partial charge on any atom is 0.280 e. The molecule has 18 heavy (non-hydrogen) atoms. The maximum atomic E-state index is 12.2. The van der Waals surface area contributed by atoms with Gasteiger partial charge in [-0.3, -0.25) is 9.59 Å². The van der Waals surface area contributed by atoms with Gasteiger partial charge in [-0.1, -0.05) is 29.8 Å². The molecule has 1 heterocycles. The van der Waals surface area contributed by atoms with Crippen molar-refractivity contribution in [2.24, 2.45) is 0 Å². The van der Waals surface area contributed by atoms with Crippen molar-refractivity contribution in [3.8, 4) is 0 Å². The smallest absolute Gasteiger partial charge is 0.280 e. The van der Waals surface area contributed by atoms with Crippen molar-refractivity contribution >= 4 is 36.9 Å². The summed E-state index contributed by atoms with van der Waals surface area (Å²) in [6.07, 6.45) is 3.83. The minimum Gasteiger partial charge on any atom is -0.351 e. The molecule has 0 radical (unpaired) electrons. The van der Waals surface area contributed by atoms with E-state index in [1.807, 2.05) is 12.1 Å². The van der Waals surface area contributed by atoms with Gasteiger partial charge in [0.1, 0.15) is 6.29 Å². The van der Waals surface area contributed by atoms with Crippen LogP contribution in [0, 0.1) is 0 Å². The highest BCUT2D eigenvalue weighted by atomic mass is 35.5. The van der Waals surface area contributed by atoms with Gasteiger partial charge in [0, 0.05) is 5.57 Å². The van der Waals surface area contributed by atoms with Gasteiger partial charge in [-0.05, 0) is 30.6 Å². The fourth-order valence-electron chi connectivity index (χ4n) is 2.01. The molecule has 0 bridgehead atoms. The van der Waals surface area contributed by atoms with Crippen molar-refractivity contribution in [3.63, 3.8) is 0 Å². The van der Waals surface area contributed by atoms with Crippen LogP contribution in [0.2, 0.25) is 5.02 Å². The first-order valence-electron chi connectivity index (χ1n) is 5.56. The number of hydrogen-bond acceptors (Lipinski definition) is 2. The number of benzene rings is 1. The number of halogens is 1. The number of carbonyl (C=O) groups is 2. The first-order chi connectivity index (χ1) is 8.69. The standard InChI is InChI=1S/C13H11BClNO2/c1-2-9-10(7-8-17)14-16(13(9)18)12-6-4-3-5-11(12)15/h2-8,14H,1H3/b9-2-,10-7+. The molecule has 90 valence electrons. The monoisotopic (exact) mass is 259 g/mol. The van der Waals surface area contributed by atoms with E-state index in [1.165, 1.54) is 6.08 Å². The van der Waals surface area contributed by atoms with Crippen molar-refractivity contribution in [2.75, 3.05) is 4.81 Å². The molecule has 2 rings (SSSR count). The lowest BCUT2D eigenvalue weighted by atomic mass is 9.81. The molecular formula is C13H11BClNO2. The van der Waals surface area contributed by atoms with Crippen LogP contribution >= 0.6 is 11.6 Å². The Bertz CT molecular complexity index is 566. The van der Waals surface area contributed by atoms with E-state index in [0.29, 0.717) is 30.0 Å². The highest BCUT2D eigenvalue weighted by Crippen LogP contribution is 2.31. The van der Waals surface area contributed by atoms with Crippen molar-refractivity contribution < 1.29 is 9.59 Å². The Morgan fingerprint density at radius 1 is 1.33 bits per heavy atom. The van der Waals surface area contributed by atoms with Gasteiger partial charge in [-0.15, -0.1) is 0 Å². The fraction of sp³-hybridized carbons (Fsp3) is 0.0769. The molecule has 1 fully saturated rings. The second-order valence-corrected chi connectivity index (χ2v) is 4.28. The average Bonchev–Trinajstić information content (AvgIpc) is 2.67. The topological polar surface area (TPSA) is 37.4 Å². The molecule has 0 saturated carbocycles. The predicted octanol–water partition coefficient (Wildman–Crippen LogP) is 2.07. The summed E-state index contributed by atoms with van der Waals surface area (Å²) in [5.41, 5.74) is 1.94. The SMILES string of the molecule is C/C=C1\C(=O)N(c2ccccc2Cl)B\C1=C\C=O. The van der Waals surface area contributed by atoms with Crippen molar-refractivity contribution in [3.05, 3.63) is 52.5 Å². The summed E-state index contributed by atoms with van der Waals surface area (Å²) in [4.78, 5) is 24.4. The average molecular weight is 260 g/mol. The van der Waals surface area contributed by atoms with E-state index in [-0.39, 0.29) is 5.91 Å². The van der Waals surface area contributed by atoms with Gasteiger partial charge in [0.2, 0.25) is 5.91 Å². The highest BCUT2D eigenvalue weighted by Gasteiger charge is 2.32. The predicted molar refractivity (Wildman–Crippen MR) is 74.0 cm³/mol. The number of carbonyl (C=O) groups excluding carboxylic acids is 2. The summed E-state index contributed by atoms with van der Waals surface area (Å²) >= 11 is 6.08. The number of anilines is 1. The van der Waals surface area contributed by atoms with Gasteiger partial charge in [0.25, 0.3) is 7.41 Å². The van der Waals surface area contributed by atoms with E-state index in [1.54, 1.807) is 29.9 Å². The van der Waals surface area contributed by atoms with Gasteiger partial charge in [0.15, 0.2) is 0 Å². The van der Waals surface area contributed by atoms with Crippen LogP contribution in [0.15, 0.2) is 47.5 Å². The van der Waals surface area contributed by atoms with Gasteiger partial charge in [0.05, 0.1) is 10.7 Å². The van der Waals surface area contributed by atoms with Crippen LogP contribution in [0.4, 0.5) is 5.69 Å². The van der Waals surface area contributed by atoms with Crippen molar-refractivity contribution in [2.45, 2.75) is 6.92 Å². The number of hydrogen-bond donors (Lipinski definition) is 0. The Morgan fingerprint density at radius 3 is 2.67 bits per heavy atom. The van der Waals surface area contributed by atoms with Crippen LogP contribution in [-0.4, -0.2) is 19.6 Å². The highest BCUT2D eigenvalue weighted by molar-refractivity contribution is 6.65. The number of amides is 1. The van der Waals surface area contributed by atoms with Crippen LogP contribution in [0.5, 0.6) is 0 Å². The number of allylic oxidation sites excluding steroid dienone is 2. The van der Waals surface area contributed by atoms with E-state index in [4.69, 9.17) is 11.6 Å². The van der Waals surface area contributed by atoms with Crippen LogP contribution < -0.4 is 4.81 Å². The molecule has 5 heteroatoms. The molecule has 0 unspecified atom stereocenters. The Kier molecular flexibility index (Phi) is 3.67. The van der Waals surface area contributed by atoms with E-state index < -0.39 is 0 Å². The lowest BCUT2D eigenvalue weighted by molar-refractivity contribution is -0.113. The van der Waals surface area contributed by atoms with Crippen LogP contribution in [0.25, 0.3) is 0 Å². The molecule has 1 aliphatic heterocycles. The third-order valence-electron chi connectivity index (χ3n) is 2.85. The molecule has 0 spiro atoms. The lowest BCUT2D eigenvalue weighted by Crippen LogP contribution is -2.27. The van der Waals surface area contributed by atoms with E-state index in [0.717, 1.165) is 5.47 Å². The Balaban J connectivity index is 2.44. The van der Waals surface area contributed by atoms with Crippen LogP contribution in [0.1, 0.15) is 6.92 Å². The molecule has 0 N–H and O–H groups in total. The zero-order chi connectivity index (χ0) is 13.1. The van der Waals surface area contributed by atoms with E-state index in [9.17, 15) is 9.59 Å². The Morgan fingerprint density at radius 2 is 2.06 bits per heavy atom. The maximum absolute atomic E-state index is 12.2. The van der Waals surface area contributed by atoms with Crippen LogP contribution in [0.3, 0.4) is 0 Å². The third kappa shape index (κ3) is 2.11. The largest absolute Gasteiger partial charge is 0.351 e. The Labute approximate surface area is 111 Å². The summed E-state index contributed by atoms with van der Waals surface area (Å²) in [7, 11) is 0.376. The fourth-order valence-corrected chi connectivity index (χ4v) is 2.25. The van der Waals surface area contributed by atoms with Crippen molar-refractivity contribution in [1.29, 1.82) is 0 Å². The molecule has 1 aromatic rings. The lowest BCUT2D eigenvalue weighted by Gasteiger charge is -2.16. The van der Waals surface area contributed by atoms with Crippen LogP contribution in [-0.2, 0) is 9.59 Å². The molecule has 0 aromatic heterocycles. The minimum absolute atomic E-state index is 0.126. The molecule has 1 aliphatic rings. The number of nitrogens with zero attached hydrogens (tertiary/aromatic N) is 1. The summed E-state index contributed by atoms with van der Waals surface area (Å²) < 4.78 is 0. The molecular weight excluding hydrogens is 248 g/mol. The van der Waals surface area contributed by atoms with Gasteiger partial charge >= 0.3 is 0 Å². The minimum atomic E-state index is -0.126. The van der Waals surface area contributed by atoms with E-state index >= 15 is 0 Å². The summed E-state index contributed by atoms with van der Waals surface area (Å²) in [6.45, 7) is 1.78. The number of aldehydes is 1. The first kappa shape index (κ1) is 12.6. The zero-order valence-electron chi connectivity index (χ0n) is 9.89. The molecule has 1 amide bonds. The summed E-state index contributed by atoms with van der Waals surface area (Å²) in [6, 6.07) is 7.16. The first-order valence-corrected chi connectivity index (χ1v) is 5.94. The molecule has 0 aliphatic carbocycles. The van der Waals surface area contributed by atoms with E-state index in [2.05, 4.69) is 0 Å². The summed E-state index contributed by atoms with van der Waals surface area (Å²) in [5.74, 6) is -0.126. The summed E-state index contributed by atoms with van der Waals surface area (Å²) in [5, 5.41) is 0.522. The molecule has 1 aromatic carbocycles. The third-order valence-corrected chi connectivity index (χ3v) is 3.17. The second-order valence-electron chi connectivity index (χ2n) is 3.87. The Hall–Kier alpha value is -1.81. The van der Waals surface area contributed by atoms with Gasteiger partial charge in [-0.2, -0.15) is 0 Å². The quantitative estimate of drug-likeness (QED) is 0.463.